The molecule has 0 rings (SSSR count). The smallest absolute Gasteiger partial charge is 0.309 e. The van der Waals surface area contributed by atoms with Crippen molar-refractivity contribution in [1.29, 1.82) is 0 Å². The summed E-state index contributed by atoms with van der Waals surface area (Å²) in [6, 6.07) is 0. The zero-order valence-electron chi connectivity index (χ0n) is 20.5. The summed E-state index contributed by atoms with van der Waals surface area (Å²) in [7, 11) is 0. The van der Waals surface area contributed by atoms with Crippen molar-refractivity contribution in [3.05, 3.63) is 0 Å². The van der Waals surface area contributed by atoms with Crippen molar-refractivity contribution in [1.82, 2.24) is 0 Å². The Morgan fingerprint density at radius 2 is 1.10 bits per heavy atom. The van der Waals surface area contributed by atoms with E-state index in [9.17, 15) is 9.59 Å². The van der Waals surface area contributed by atoms with E-state index in [1.165, 1.54) is 32.1 Å². The second kappa shape index (κ2) is 15.7. The number of esters is 2. The highest BCUT2D eigenvalue weighted by atomic mass is 16.5. The van der Waals surface area contributed by atoms with Gasteiger partial charge in [-0.1, -0.05) is 66.2 Å². The van der Waals surface area contributed by atoms with E-state index in [4.69, 9.17) is 9.47 Å². The van der Waals surface area contributed by atoms with Crippen molar-refractivity contribution in [2.45, 2.75) is 125 Å². The van der Waals surface area contributed by atoms with E-state index in [0.717, 1.165) is 19.3 Å². The number of ether oxygens (including phenoxy) is 2. The minimum absolute atomic E-state index is 0.0111. The molecule has 0 saturated heterocycles. The van der Waals surface area contributed by atoms with Gasteiger partial charge in [-0.3, -0.25) is 9.59 Å². The zero-order valence-corrected chi connectivity index (χ0v) is 20.5. The van der Waals surface area contributed by atoms with Crippen LogP contribution in [0.15, 0.2) is 0 Å². The number of carbonyl (C=O) groups excluding carboxylic acids is 2. The Labute approximate surface area is 180 Å². The van der Waals surface area contributed by atoms with Crippen LogP contribution in [-0.2, 0) is 19.1 Å². The van der Waals surface area contributed by atoms with E-state index in [0.29, 0.717) is 24.2 Å². The molecule has 0 radical (unpaired) electrons. The average molecular weight is 413 g/mol. The predicted molar refractivity (Wildman–Crippen MR) is 121 cm³/mol. The van der Waals surface area contributed by atoms with Gasteiger partial charge in [0.1, 0.15) is 0 Å². The third-order valence-corrected chi connectivity index (χ3v) is 5.45. The van der Waals surface area contributed by atoms with Crippen molar-refractivity contribution < 1.29 is 19.1 Å². The first-order valence-corrected chi connectivity index (χ1v) is 12.0. The fraction of sp³-hybridized carbons (Fsp3) is 0.920. The molecule has 0 aromatic rings. The molecule has 29 heavy (non-hydrogen) atoms. The van der Waals surface area contributed by atoms with E-state index in [2.05, 4.69) is 27.7 Å². The molecular formula is C25H48O4. The number of carbonyl (C=O) groups is 2. The van der Waals surface area contributed by atoms with Crippen LogP contribution in [0.5, 0.6) is 0 Å². The molecule has 0 aromatic heterocycles. The van der Waals surface area contributed by atoms with Gasteiger partial charge in [0.15, 0.2) is 0 Å². The average Bonchev–Trinajstić information content (AvgIpc) is 2.57. The molecule has 4 nitrogen and oxygen atoms in total. The lowest BCUT2D eigenvalue weighted by molar-refractivity contribution is -0.157. The standard InChI is InChI=1S/C25H48O4/c1-18(2)22(24(19(3)4)25(27)29-21(7)8)16-14-12-10-9-11-13-15-17-23(26)28-20(5)6/h18-22,24H,9-17H2,1-8H3. The molecule has 4 heteroatoms. The van der Waals surface area contributed by atoms with Gasteiger partial charge in [0, 0.05) is 6.42 Å². The molecule has 0 N–H and O–H groups in total. The number of hydrogen-bond donors (Lipinski definition) is 0. The summed E-state index contributed by atoms with van der Waals surface area (Å²) in [5, 5.41) is 0. The van der Waals surface area contributed by atoms with E-state index >= 15 is 0 Å². The van der Waals surface area contributed by atoms with Crippen LogP contribution in [0, 0.1) is 23.7 Å². The first-order chi connectivity index (χ1) is 13.6. The lowest BCUT2D eigenvalue weighted by Gasteiger charge is -2.32. The molecule has 0 aromatic carbocycles. The van der Waals surface area contributed by atoms with Gasteiger partial charge in [-0.05, 0) is 58.3 Å². The third-order valence-electron chi connectivity index (χ3n) is 5.45. The second-order valence-corrected chi connectivity index (χ2v) is 9.72. The number of rotatable bonds is 16. The molecule has 0 fully saturated rings. The van der Waals surface area contributed by atoms with Gasteiger partial charge < -0.3 is 9.47 Å². The van der Waals surface area contributed by atoms with Gasteiger partial charge in [0.05, 0.1) is 18.1 Å². The van der Waals surface area contributed by atoms with Gasteiger partial charge in [0.2, 0.25) is 0 Å². The van der Waals surface area contributed by atoms with Crippen LogP contribution in [0.3, 0.4) is 0 Å². The molecule has 0 aliphatic carbocycles. The summed E-state index contributed by atoms with van der Waals surface area (Å²) < 4.78 is 10.7. The Balaban J connectivity index is 4.13. The van der Waals surface area contributed by atoms with Crippen LogP contribution in [0.1, 0.15) is 113 Å². The summed E-state index contributed by atoms with van der Waals surface area (Å²) in [4.78, 5) is 24.1. The summed E-state index contributed by atoms with van der Waals surface area (Å²) in [6.07, 6.45) is 9.59. The highest BCUT2D eigenvalue weighted by molar-refractivity contribution is 5.73. The van der Waals surface area contributed by atoms with Gasteiger partial charge in [-0.2, -0.15) is 0 Å². The van der Waals surface area contributed by atoms with Crippen molar-refractivity contribution in [3.63, 3.8) is 0 Å². The van der Waals surface area contributed by atoms with E-state index < -0.39 is 0 Å². The van der Waals surface area contributed by atoms with Crippen LogP contribution in [-0.4, -0.2) is 24.1 Å². The maximum Gasteiger partial charge on any atom is 0.309 e. The van der Waals surface area contributed by atoms with Crippen molar-refractivity contribution in [2.75, 3.05) is 0 Å². The predicted octanol–water partition coefficient (Wildman–Crippen LogP) is 6.94. The van der Waals surface area contributed by atoms with Crippen LogP contribution >= 0.6 is 0 Å². The highest BCUT2D eigenvalue weighted by Gasteiger charge is 2.34. The van der Waals surface area contributed by atoms with E-state index in [1.807, 2.05) is 27.7 Å². The molecule has 0 amide bonds. The maximum absolute atomic E-state index is 12.6. The Kier molecular flexibility index (Phi) is 15.2. The number of hydrogen-bond acceptors (Lipinski definition) is 4. The van der Waals surface area contributed by atoms with Crippen LogP contribution in [0.2, 0.25) is 0 Å². The minimum atomic E-state index is -0.0737. The summed E-state index contributed by atoms with van der Waals surface area (Å²) >= 11 is 0. The topological polar surface area (TPSA) is 52.6 Å². The fourth-order valence-corrected chi connectivity index (χ4v) is 4.03. The first kappa shape index (κ1) is 27.9. The Hall–Kier alpha value is -1.06. The SMILES string of the molecule is CC(C)OC(=O)CCCCCCCCCC(C(C)C)C(C(=O)OC(C)C)C(C)C. The quantitative estimate of drug-likeness (QED) is 0.203. The molecule has 2 unspecified atom stereocenters. The molecule has 0 spiro atoms. The molecule has 0 saturated carbocycles. The largest absolute Gasteiger partial charge is 0.463 e. The van der Waals surface area contributed by atoms with E-state index in [1.54, 1.807) is 0 Å². The van der Waals surface area contributed by atoms with Crippen LogP contribution in [0.25, 0.3) is 0 Å². The Morgan fingerprint density at radius 3 is 1.55 bits per heavy atom. The molecule has 0 aliphatic heterocycles. The maximum atomic E-state index is 12.6. The van der Waals surface area contributed by atoms with Crippen LogP contribution in [0.4, 0.5) is 0 Å². The Bertz CT molecular complexity index is 440. The lowest BCUT2D eigenvalue weighted by atomic mass is 9.74. The monoisotopic (exact) mass is 412 g/mol. The first-order valence-electron chi connectivity index (χ1n) is 12.0. The van der Waals surface area contributed by atoms with Crippen molar-refractivity contribution in [3.8, 4) is 0 Å². The molecule has 0 heterocycles. The lowest BCUT2D eigenvalue weighted by Crippen LogP contribution is -2.34. The normalized spacial score (nSPS) is 13.9. The third kappa shape index (κ3) is 13.7. The molecular weight excluding hydrogens is 364 g/mol. The summed E-state index contributed by atoms with van der Waals surface area (Å²) in [5.74, 6) is 1.06. The van der Waals surface area contributed by atoms with Gasteiger partial charge in [0.25, 0.3) is 0 Å². The van der Waals surface area contributed by atoms with Gasteiger partial charge in [-0.15, -0.1) is 0 Å². The molecule has 0 bridgehead atoms. The Morgan fingerprint density at radius 1 is 0.621 bits per heavy atom. The summed E-state index contributed by atoms with van der Waals surface area (Å²) in [6.45, 7) is 16.4. The van der Waals surface area contributed by atoms with Crippen molar-refractivity contribution >= 4 is 11.9 Å². The fourth-order valence-electron chi connectivity index (χ4n) is 4.03. The second-order valence-electron chi connectivity index (χ2n) is 9.72. The molecule has 172 valence electrons. The highest BCUT2D eigenvalue weighted by Crippen LogP contribution is 2.33. The number of unbranched alkanes of at least 4 members (excludes halogenated alkanes) is 6. The van der Waals surface area contributed by atoms with Gasteiger partial charge >= 0.3 is 11.9 Å². The molecule has 2 atom stereocenters. The van der Waals surface area contributed by atoms with Crippen LogP contribution < -0.4 is 0 Å². The van der Waals surface area contributed by atoms with E-state index in [-0.39, 0.29) is 30.1 Å². The minimum Gasteiger partial charge on any atom is -0.463 e. The molecule has 0 aliphatic rings. The van der Waals surface area contributed by atoms with Gasteiger partial charge in [-0.25, -0.2) is 0 Å². The summed E-state index contributed by atoms with van der Waals surface area (Å²) in [5.41, 5.74) is 0. The zero-order chi connectivity index (χ0) is 22.4. The van der Waals surface area contributed by atoms with Crippen molar-refractivity contribution in [2.24, 2.45) is 23.7 Å².